The number of quaternary nitrogens is 3. The molecule has 1 fully saturated rings. The Labute approximate surface area is 142 Å². The van der Waals surface area contributed by atoms with Gasteiger partial charge in [0.15, 0.2) is 0 Å². The van der Waals surface area contributed by atoms with Gasteiger partial charge in [0.1, 0.15) is 26.2 Å². The number of hydrogen-bond acceptors (Lipinski definition) is 3. The molecule has 1 rings (SSSR count). The summed E-state index contributed by atoms with van der Waals surface area (Å²) in [7, 11) is 13.8. The molecule has 1 heterocycles. The lowest BCUT2D eigenvalue weighted by atomic mass is 10.3. The normalized spacial score (nSPS) is 25.9. The molecule has 1 aliphatic rings. The van der Waals surface area contributed by atoms with E-state index in [0.717, 1.165) is 52.7 Å². The smallest absolute Gasteiger partial charge is 0.248 e. The van der Waals surface area contributed by atoms with Gasteiger partial charge in [0, 0.05) is 13.1 Å². The predicted octanol–water partition coefficient (Wildman–Crippen LogP) is -1.48. The Morgan fingerprint density at radius 2 is 1.17 bits per heavy atom. The minimum absolute atomic E-state index is 0.106. The largest absolute Gasteiger partial charge is 0.323 e. The fourth-order valence-corrected chi connectivity index (χ4v) is 2.76. The monoisotopic (exact) mass is 331 g/mol. The number of rotatable bonds is 2. The Balaban J connectivity index is 2.81. The molecule has 0 saturated carbocycles. The minimum atomic E-state index is -0.106. The molecule has 0 bridgehead atoms. The standard InChI is InChI=1S/C16H38N6O/c1-20(2)9-7-19(15-16(23)18-17)8-10-21(3,4)12-14-22(5,6)13-11-20/h7-15,17H2,1-6H3/q+2/p+1. The zero-order chi connectivity index (χ0) is 17.7. The highest BCUT2D eigenvalue weighted by Crippen LogP contribution is 2.08. The molecule has 0 aromatic carbocycles. The molecule has 136 valence electrons. The molecule has 0 aromatic rings. The van der Waals surface area contributed by atoms with E-state index in [1.165, 1.54) is 13.1 Å². The molecule has 0 aromatic heterocycles. The Kier molecular flexibility index (Phi) is 6.97. The molecule has 0 unspecified atom stereocenters. The van der Waals surface area contributed by atoms with Gasteiger partial charge in [-0.2, -0.15) is 0 Å². The molecular weight excluding hydrogens is 292 g/mol. The Morgan fingerprint density at radius 1 is 0.826 bits per heavy atom. The van der Waals surface area contributed by atoms with E-state index in [2.05, 4.69) is 52.6 Å². The second-order valence-corrected chi connectivity index (χ2v) is 8.99. The fourth-order valence-electron chi connectivity index (χ4n) is 2.76. The van der Waals surface area contributed by atoms with E-state index in [9.17, 15) is 4.79 Å². The van der Waals surface area contributed by atoms with Gasteiger partial charge in [-0.1, -0.05) is 0 Å². The Morgan fingerprint density at radius 3 is 1.52 bits per heavy atom. The van der Waals surface area contributed by atoms with Gasteiger partial charge >= 0.3 is 0 Å². The number of carbonyl (C=O) groups excluding carboxylic acids is 1. The molecule has 7 nitrogen and oxygen atoms in total. The number of hydrazine groups is 1. The van der Waals surface area contributed by atoms with Gasteiger partial charge in [-0.25, -0.2) is 5.84 Å². The van der Waals surface area contributed by atoms with Crippen LogP contribution in [0.5, 0.6) is 0 Å². The maximum atomic E-state index is 11.7. The summed E-state index contributed by atoms with van der Waals surface area (Å²) in [5, 5.41) is 0. The van der Waals surface area contributed by atoms with Crippen LogP contribution in [-0.2, 0) is 4.79 Å². The number of nitrogens with zero attached hydrogens (tertiary/aromatic N) is 4. The molecule has 23 heavy (non-hydrogen) atoms. The molecule has 0 atom stereocenters. The Hall–Kier alpha value is -0.730. The Bertz CT molecular complexity index is 368. The summed E-state index contributed by atoms with van der Waals surface area (Å²) in [6.07, 6.45) is 0. The van der Waals surface area contributed by atoms with Crippen LogP contribution in [0.4, 0.5) is 0 Å². The van der Waals surface area contributed by atoms with E-state index in [0.29, 0.717) is 6.54 Å². The first-order chi connectivity index (χ1) is 10.4. The molecule has 1 aliphatic heterocycles. The van der Waals surface area contributed by atoms with Crippen LogP contribution < -0.4 is 11.3 Å². The van der Waals surface area contributed by atoms with Crippen LogP contribution in [0, 0.1) is 0 Å². The van der Waals surface area contributed by atoms with Crippen molar-refractivity contribution in [2.75, 3.05) is 101 Å². The number of nitrogens with two attached hydrogens (primary N) is 1. The maximum Gasteiger partial charge on any atom is 0.248 e. The highest BCUT2D eigenvalue weighted by Gasteiger charge is 2.28. The van der Waals surface area contributed by atoms with Crippen LogP contribution in [0.1, 0.15) is 0 Å². The molecule has 0 radical (unpaired) electrons. The van der Waals surface area contributed by atoms with Crippen LogP contribution >= 0.6 is 0 Å². The first kappa shape index (κ1) is 20.3. The average Bonchev–Trinajstić information content (AvgIpc) is 2.46. The number of likely N-dealkylation sites (N-methyl/N-ethyl adjacent to an activating group) is 3. The number of hydrogen-bond donors (Lipinski definition) is 2. The van der Waals surface area contributed by atoms with Gasteiger partial charge in [-0.3, -0.25) is 15.1 Å². The number of amides is 1. The second-order valence-electron chi connectivity index (χ2n) is 8.99. The van der Waals surface area contributed by atoms with E-state index in [1.54, 1.807) is 0 Å². The molecule has 0 aliphatic carbocycles. The maximum absolute atomic E-state index is 11.7. The molecule has 0 spiro atoms. The third-order valence-corrected chi connectivity index (χ3v) is 5.19. The van der Waals surface area contributed by atoms with Crippen molar-refractivity contribution >= 4 is 5.91 Å². The lowest BCUT2D eigenvalue weighted by molar-refractivity contribution is -0.968. The van der Waals surface area contributed by atoms with Crippen molar-refractivity contribution in [2.45, 2.75) is 0 Å². The lowest BCUT2D eigenvalue weighted by Crippen LogP contribution is -2.58. The average molecular weight is 332 g/mol. The van der Waals surface area contributed by atoms with Crippen molar-refractivity contribution in [1.29, 1.82) is 0 Å². The van der Waals surface area contributed by atoms with E-state index in [4.69, 9.17) is 5.84 Å². The fraction of sp³-hybridized carbons (Fsp3) is 0.938. The minimum Gasteiger partial charge on any atom is -0.323 e. The van der Waals surface area contributed by atoms with E-state index in [1.807, 2.05) is 0 Å². The first-order valence-electron chi connectivity index (χ1n) is 8.63. The van der Waals surface area contributed by atoms with Crippen molar-refractivity contribution in [3.63, 3.8) is 0 Å². The van der Waals surface area contributed by atoms with Crippen LogP contribution in [0.2, 0.25) is 0 Å². The number of carbonyl (C=O) groups is 1. The first-order valence-corrected chi connectivity index (χ1v) is 8.63. The van der Waals surface area contributed by atoms with Gasteiger partial charge < -0.3 is 13.4 Å². The lowest BCUT2D eigenvalue weighted by Gasteiger charge is -2.40. The predicted molar refractivity (Wildman–Crippen MR) is 94.3 cm³/mol. The molecule has 1 amide bonds. The third-order valence-electron chi connectivity index (χ3n) is 5.19. The van der Waals surface area contributed by atoms with Crippen molar-refractivity contribution in [3.8, 4) is 0 Å². The summed E-state index contributed by atoms with van der Waals surface area (Å²) < 4.78 is 3.05. The van der Waals surface area contributed by atoms with Crippen molar-refractivity contribution in [2.24, 2.45) is 5.84 Å². The molecule has 3 N–H and O–H groups in total. The van der Waals surface area contributed by atoms with Gasteiger partial charge in [0.2, 0.25) is 5.91 Å². The van der Waals surface area contributed by atoms with Crippen LogP contribution in [-0.4, -0.2) is 125 Å². The summed E-state index contributed by atoms with van der Waals surface area (Å²) in [5.41, 5.74) is 2.26. The van der Waals surface area contributed by atoms with Gasteiger partial charge in [-0.05, 0) is 0 Å². The van der Waals surface area contributed by atoms with Crippen LogP contribution in [0.15, 0.2) is 0 Å². The van der Waals surface area contributed by atoms with Gasteiger partial charge in [0.05, 0.1) is 61.9 Å². The zero-order valence-corrected chi connectivity index (χ0v) is 16.1. The van der Waals surface area contributed by atoms with Crippen molar-refractivity contribution in [3.05, 3.63) is 0 Å². The second kappa shape index (κ2) is 7.90. The van der Waals surface area contributed by atoms with Crippen molar-refractivity contribution < 1.29 is 18.2 Å². The van der Waals surface area contributed by atoms with Gasteiger partial charge in [-0.15, -0.1) is 0 Å². The van der Waals surface area contributed by atoms with Gasteiger partial charge in [0.25, 0.3) is 0 Å². The quantitative estimate of drug-likeness (QED) is 0.281. The highest BCUT2D eigenvalue weighted by molar-refractivity contribution is 5.77. The van der Waals surface area contributed by atoms with E-state index < -0.39 is 0 Å². The summed E-state index contributed by atoms with van der Waals surface area (Å²) >= 11 is 0. The van der Waals surface area contributed by atoms with E-state index in [-0.39, 0.29) is 5.91 Å². The topological polar surface area (TPSA) is 58.4 Å². The zero-order valence-electron chi connectivity index (χ0n) is 16.1. The molecular formula is C16H39N6O+3. The van der Waals surface area contributed by atoms with Crippen LogP contribution in [0.25, 0.3) is 0 Å². The SMILES string of the molecule is C[N+]1(C)CCN(CC(=O)NN)CC[N+](C)(C)CC[N+](C)(C)CC1. The summed E-state index contributed by atoms with van der Waals surface area (Å²) in [6, 6.07) is 0. The number of nitrogens with one attached hydrogen (secondary N) is 1. The third kappa shape index (κ3) is 8.08. The molecule has 7 heteroatoms. The summed E-state index contributed by atoms with van der Waals surface area (Å²) in [4.78, 5) is 13.9. The summed E-state index contributed by atoms with van der Waals surface area (Å²) in [5.74, 6) is 5.15. The molecule has 1 saturated heterocycles. The summed E-state index contributed by atoms with van der Waals surface area (Å²) in [6.45, 7) is 8.98. The highest BCUT2D eigenvalue weighted by atomic mass is 16.2. The van der Waals surface area contributed by atoms with Crippen LogP contribution in [0.3, 0.4) is 0 Å². The van der Waals surface area contributed by atoms with E-state index >= 15 is 0 Å². The van der Waals surface area contributed by atoms with Crippen molar-refractivity contribution in [1.82, 2.24) is 10.3 Å².